The Bertz CT molecular complexity index is 973. The topological polar surface area (TPSA) is 83.7 Å². The van der Waals surface area contributed by atoms with Gasteiger partial charge in [-0.25, -0.2) is 4.79 Å². The van der Waals surface area contributed by atoms with Gasteiger partial charge in [-0.2, -0.15) is 0 Å². The van der Waals surface area contributed by atoms with Gasteiger partial charge in [0, 0.05) is 35.4 Å². The molecule has 1 aromatic heterocycles. The zero-order valence-electron chi connectivity index (χ0n) is 16.2. The molecule has 0 radical (unpaired) electrons. The number of rotatable bonds is 5. The van der Waals surface area contributed by atoms with Crippen LogP contribution in [0, 0.1) is 0 Å². The van der Waals surface area contributed by atoms with Crippen molar-refractivity contribution in [3.63, 3.8) is 0 Å². The minimum Gasteiger partial charge on any atom is -0.448 e. The van der Waals surface area contributed by atoms with Crippen molar-refractivity contribution in [2.24, 2.45) is 0 Å². The number of ether oxygens (including phenoxy) is 2. The number of hydrogen-bond acceptors (Lipinski definition) is 5. The zero-order valence-corrected chi connectivity index (χ0v) is 16.2. The van der Waals surface area contributed by atoms with Crippen LogP contribution in [0.5, 0.6) is 0 Å². The second-order valence-corrected chi connectivity index (χ2v) is 6.95. The lowest BCUT2D eigenvalue weighted by molar-refractivity contribution is -0.123. The van der Waals surface area contributed by atoms with E-state index in [1.165, 1.54) is 0 Å². The van der Waals surface area contributed by atoms with Gasteiger partial charge in [0.05, 0.1) is 13.2 Å². The molecule has 1 amide bonds. The van der Waals surface area contributed by atoms with Crippen LogP contribution in [-0.4, -0.2) is 49.3 Å². The van der Waals surface area contributed by atoms with Crippen molar-refractivity contribution in [2.45, 2.75) is 13.0 Å². The highest BCUT2D eigenvalue weighted by atomic mass is 16.5. The Morgan fingerprint density at radius 2 is 1.83 bits per heavy atom. The van der Waals surface area contributed by atoms with Gasteiger partial charge in [0.1, 0.15) is 5.69 Å². The number of aromatic amines is 1. The number of anilines is 2. The SMILES string of the molecule is C[C@H](OC(=O)c1cc2ccccc2[nH]1)C(=O)Nc1ccc(N2CCOCC2)cc1. The van der Waals surface area contributed by atoms with Crippen molar-refractivity contribution in [2.75, 3.05) is 36.5 Å². The second-order valence-electron chi connectivity index (χ2n) is 6.95. The minimum atomic E-state index is -0.923. The summed E-state index contributed by atoms with van der Waals surface area (Å²) in [5.41, 5.74) is 2.91. The van der Waals surface area contributed by atoms with Crippen LogP contribution in [-0.2, 0) is 14.3 Å². The van der Waals surface area contributed by atoms with Crippen LogP contribution >= 0.6 is 0 Å². The summed E-state index contributed by atoms with van der Waals surface area (Å²) in [6, 6.07) is 16.9. The molecular weight excluding hydrogens is 370 g/mol. The second kappa shape index (κ2) is 8.36. The molecule has 1 atom stereocenters. The van der Waals surface area contributed by atoms with E-state index in [9.17, 15) is 9.59 Å². The fourth-order valence-corrected chi connectivity index (χ4v) is 3.28. The molecule has 7 nitrogen and oxygen atoms in total. The molecule has 1 saturated heterocycles. The largest absolute Gasteiger partial charge is 0.448 e. The molecule has 29 heavy (non-hydrogen) atoms. The van der Waals surface area contributed by atoms with Crippen LogP contribution in [0.15, 0.2) is 54.6 Å². The van der Waals surface area contributed by atoms with Gasteiger partial charge in [0.15, 0.2) is 6.10 Å². The highest BCUT2D eigenvalue weighted by Gasteiger charge is 2.20. The Labute approximate surface area is 168 Å². The lowest BCUT2D eigenvalue weighted by Gasteiger charge is -2.28. The number of H-pyrrole nitrogens is 1. The number of fused-ring (bicyclic) bond motifs is 1. The molecule has 2 N–H and O–H groups in total. The monoisotopic (exact) mass is 393 g/mol. The number of hydrogen-bond donors (Lipinski definition) is 2. The molecule has 3 aromatic rings. The van der Waals surface area contributed by atoms with Gasteiger partial charge in [0.25, 0.3) is 5.91 Å². The maximum absolute atomic E-state index is 12.4. The molecule has 1 fully saturated rings. The van der Waals surface area contributed by atoms with Crippen molar-refractivity contribution in [3.8, 4) is 0 Å². The lowest BCUT2D eigenvalue weighted by Crippen LogP contribution is -2.36. The quantitative estimate of drug-likeness (QED) is 0.651. The molecule has 150 valence electrons. The van der Waals surface area contributed by atoms with E-state index in [1.807, 2.05) is 48.5 Å². The standard InChI is InChI=1S/C22H23N3O4/c1-15(29-22(27)20-14-16-4-2-3-5-19(16)24-20)21(26)23-17-6-8-18(9-7-17)25-10-12-28-13-11-25/h2-9,14-15,24H,10-13H2,1H3,(H,23,26)/t15-/m0/s1. The van der Waals surface area contributed by atoms with E-state index in [0.29, 0.717) is 11.4 Å². The third-order valence-corrected chi connectivity index (χ3v) is 4.91. The highest BCUT2D eigenvalue weighted by Crippen LogP contribution is 2.20. The molecule has 7 heteroatoms. The number of benzene rings is 2. The van der Waals surface area contributed by atoms with Crippen molar-refractivity contribution in [3.05, 3.63) is 60.3 Å². The average molecular weight is 393 g/mol. The Kier molecular flexibility index (Phi) is 5.48. The van der Waals surface area contributed by atoms with E-state index in [2.05, 4.69) is 15.2 Å². The van der Waals surface area contributed by atoms with Gasteiger partial charge in [0.2, 0.25) is 0 Å². The van der Waals surface area contributed by atoms with E-state index in [-0.39, 0.29) is 5.91 Å². The summed E-state index contributed by atoms with van der Waals surface area (Å²) in [4.78, 5) is 30.0. The van der Waals surface area contributed by atoms with E-state index in [0.717, 1.165) is 42.9 Å². The Hall–Kier alpha value is -3.32. The van der Waals surface area contributed by atoms with E-state index < -0.39 is 12.1 Å². The number of carbonyl (C=O) groups excluding carboxylic acids is 2. The van der Waals surface area contributed by atoms with Crippen LogP contribution in [0.2, 0.25) is 0 Å². The van der Waals surface area contributed by atoms with Gasteiger partial charge in [-0.3, -0.25) is 4.79 Å². The number of esters is 1. The van der Waals surface area contributed by atoms with Crippen molar-refractivity contribution >= 4 is 34.2 Å². The van der Waals surface area contributed by atoms with Gasteiger partial charge in [-0.05, 0) is 43.3 Å². The Morgan fingerprint density at radius 3 is 2.55 bits per heavy atom. The molecule has 4 rings (SSSR count). The third-order valence-electron chi connectivity index (χ3n) is 4.91. The van der Waals surface area contributed by atoms with Crippen molar-refractivity contribution in [1.82, 2.24) is 4.98 Å². The fraction of sp³-hybridized carbons (Fsp3) is 0.273. The van der Waals surface area contributed by atoms with E-state index >= 15 is 0 Å². The van der Waals surface area contributed by atoms with E-state index in [4.69, 9.17) is 9.47 Å². The first-order valence-corrected chi connectivity index (χ1v) is 9.62. The summed E-state index contributed by atoms with van der Waals surface area (Å²) < 4.78 is 10.7. The summed E-state index contributed by atoms with van der Waals surface area (Å²) in [6.45, 7) is 4.70. The molecule has 0 aliphatic carbocycles. The van der Waals surface area contributed by atoms with E-state index in [1.54, 1.807) is 13.0 Å². The van der Waals surface area contributed by atoms with Crippen molar-refractivity contribution in [1.29, 1.82) is 0 Å². The van der Waals surface area contributed by atoms with Crippen LogP contribution in [0.3, 0.4) is 0 Å². The van der Waals surface area contributed by atoms with Crippen LogP contribution in [0.25, 0.3) is 10.9 Å². The molecule has 0 spiro atoms. The summed E-state index contributed by atoms with van der Waals surface area (Å²) in [5, 5.41) is 3.70. The molecule has 2 aromatic carbocycles. The average Bonchev–Trinajstić information content (AvgIpc) is 3.19. The molecule has 0 bridgehead atoms. The van der Waals surface area contributed by atoms with Crippen molar-refractivity contribution < 1.29 is 19.1 Å². The summed E-state index contributed by atoms with van der Waals surface area (Å²) in [6.07, 6.45) is -0.923. The third kappa shape index (κ3) is 4.41. The Morgan fingerprint density at radius 1 is 1.10 bits per heavy atom. The molecule has 0 unspecified atom stereocenters. The predicted molar refractivity (Wildman–Crippen MR) is 111 cm³/mol. The van der Waals surface area contributed by atoms with Gasteiger partial charge < -0.3 is 24.7 Å². The molecule has 1 aliphatic rings. The number of amides is 1. The predicted octanol–water partition coefficient (Wildman–Crippen LogP) is 3.19. The van der Waals surface area contributed by atoms with Gasteiger partial charge in [-0.15, -0.1) is 0 Å². The first-order valence-electron chi connectivity index (χ1n) is 9.62. The first kappa shape index (κ1) is 19.0. The maximum atomic E-state index is 12.4. The molecule has 1 aliphatic heterocycles. The number of aromatic nitrogens is 1. The number of para-hydroxylation sites is 1. The number of nitrogens with zero attached hydrogens (tertiary/aromatic N) is 1. The zero-order chi connectivity index (χ0) is 20.2. The summed E-state index contributed by atoms with van der Waals surface area (Å²) in [7, 11) is 0. The molecular formula is C22H23N3O4. The minimum absolute atomic E-state index is 0.320. The summed E-state index contributed by atoms with van der Waals surface area (Å²) in [5.74, 6) is -0.944. The first-order chi connectivity index (χ1) is 14.1. The Balaban J connectivity index is 1.34. The number of morpholine rings is 1. The highest BCUT2D eigenvalue weighted by molar-refractivity contribution is 5.98. The molecule has 0 saturated carbocycles. The van der Waals surface area contributed by atoms with Crippen LogP contribution < -0.4 is 10.2 Å². The number of nitrogens with one attached hydrogen (secondary N) is 2. The van der Waals surface area contributed by atoms with Gasteiger partial charge >= 0.3 is 5.97 Å². The van der Waals surface area contributed by atoms with Crippen LogP contribution in [0.1, 0.15) is 17.4 Å². The number of carbonyl (C=O) groups is 2. The summed E-state index contributed by atoms with van der Waals surface area (Å²) >= 11 is 0. The van der Waals surface area contributed by atoms with Crippen LogP contribution in [0.4, 0.5) is 11.4 Å². The smallest absolute Gasteiger partial charge is 0.355 e. The lowest BCUT2D eigenvalue weighted by atomic mass is 10.2. The maximum Gasteiger partial charge on any atom is 0.355 e. The van der Waals surface area contributed by atoms with Gasteiger partial charge in [-0.1, -0.05) is 18.2 Å². The molecule has 2 heterocycles. The normalized spacial score (nSPS) is 15.1. The fourth-order valence-electron chi connectivity index (χ4n) is 3.28.